The molecule has 0 aliphatic heterocycles. The van der Waals surface area contributed by atoms with E-state index in [2.05, 4.69) is 4.74 Å². The Balaban J connectivity index is 2.90. The second-order valence-corrected chi connectivity index (χ2v) is 4.41. The monoisotopic (exact) mass is 269 g/mol. The Morgan fingerprint density at radius 1 is 1.47 bits per heavy atom. The van der Waals surface area contributed by atoms with E-state index in [4.69, 9.17) is 10.5 Å². The Morgan fingerprint density at radius 2 is 2.16 bits per heavy atom. The number of benzene rings is 1. The second-order valence-electron chi connectivity index (χ2n) is 4.41. The van der Waals surface area contributed by atoms with Gasteiger partial charge in [-0.25, -0.2) is 9.18 Å². The minimum absolute atomic E-state index is 0.0717. The molecular weight excluding hydrogens is 249 g/mol. The van der Waals surface area contributed by atoms with E-state index in [0.29, 0.717) is 17.7 Å². The molecule has 106 valence electrons. The summed E-state index contributed by atoms with van der Waals surface area (Å²) in [6.07, 6.45) is 0.534. The van der Waals surface area contributed by atoms with Crippen molar-refractivity contribution < 1.29 is 18.7 Å². The van der Waals surface area contributed by atoms with Crippen molar-refractivity contribution in [1.82, 2.24) is 0 Å². The number of hydrogen-bond acceptors (Lipinski definition) is 4. The summed E-state index contributed by atoms with van der Waals surface area (Å²) in [4.78, 5) is 11.3. The predicted octanol–water partition coefficient (Wildman–Crippen LogP) is 2.05. The van der Waals surface area contributed by atoms with Gasteiger partial charge in [0.2, 0.25) is 0 Å². The summed E-state index contributed by atoms with van der Waals surface area (Å²) < 4.78 is 23.4. The number of hydrogen-bond donors (Lipinski definition) is 1. The van der Waals surface area contributed by atoms with Crippen LogP contribution in [0.4, 0.5) is 4.39 Å². The van der Waals surface area contributed by atoms with Crippen LogP contribution in [0, 0.1) is 5.82 Å². The number of halogens is 1. The van der Waals surface area contributed by atoms with Crippen LogP contribution in [0.25, 0.3) is 0 Å². The van der Waals surface area contributed by atoms with Crippen molar-refractivity contribution in [2.45, 2.75) is 38.8 Å². The molecule has 1 aromatic carbocycles. The zero-order valence-corrected chi connectivity index (χ0v) is 11.5. The Labute approximate surface area is 112 Å². The van der Waals surface area contributed by atoms with Crippen molar-refractivity contribution >= 4 is 5.97 Å². The van der Waals surface area contributed by atoms with E-state index in [9.17, 15) is 9.18 Å². The van der Waals surface area contributed by atoms with Gasteiger partial charge >= 0.3 is 5.97 Å². The highest BCUT2D eigenvalue weighted by atomic mass is 19.1. The molecule has 0 saturated heterocycles. The third-order valence-corrected chi connectivity index (χ3v) is 2.87. The van der Waals surface area contributed by atoms with Crippen LogP contribution in [0.15, 0.2) is 18.2 Å². The molecule has 0 heterocycles. The molecule has 0 amide bonds. The van der Waals surface area contributed by atoms with Gasteiger partial charge in [0.25, 0.3) is 0 Å². The van der Waals surface area contributed by atoms with Gasteiger partial charge < -0.3 is 15.2 Å². The molecule has 0 spiro atoms. The number of esters is 1. The number of carbonyl (C=O) groups is 1. The lowest BCUT2D eigenvalue weighted by molar-refractivity contribution is -0.147. The van der Waals surface area contributed by atoms with E-state index >= 15 is 0 Å². The van der Waals surface area contributed by atoms with Crippen LogP contribution in [0.3, 0.4) is 0 Å². The molecule has 2 atom stereocenters. The molecular formula is C14H20FNO3. The van der Waals surface area contributed by atoms with Crippen LogP contribution in [0.1, 0.15) is 25.8 Å². The highest BCUT2D eigenvalue weighted by Gasteiger charge is 2.17. The first kappa shape index (κ1) is 15.4. The molecule has 5 heteroatoms. The van der Waals surface area contributed by atoms with Crippen molar-refractivity contribution in [3.8, 4) is 5.75 Å². The molecule has 0 bridgehead atoms. The predicted molar refractivity (Wildman–Crippen MR) is 70.5 cm³/mol. The molecule has 1 aromatic rings. The quantitative estimate of drug-likeness (QED) is 0.803. The van der Waals surface area contributed by atoms with Gasteiger partial charge in [0.1, 0.15) is 11.6 Å². The molecule has 0 fully saturated rings. The highest BCUT2D eigenvalue weighted by Crippen LogP contribution is 2.23. The summed E-state index contributed by atoms with van der Waals surface area (Å²) in [6, 6.07) is 4.11. The summed E-state index contributed by atoms with van der Waals surface area (Å²) in [6.45, 7) is 3.54. The number of rotatable bonds is 6. The molecule has 2 unspecified atom stereocenters. The summed E-state index contributed by atoms with van der Waals surface area (Å²) in [5.41, 5.74) is 6.53. The largest absolute Gasteiger partial charge is 0.479 e. The number of carbonyl (C=O) groups excluding carboxylic acids is 1. The maximum Gasteiger partial charge on any atom is 0.346 e. The molecule has 0 aliphatic carbocycles. The molecule has 0 radical (unpaired) electrons. The van der Waals surface area contributed by atoms with Crippen molar-refractivity contribution in [1.29, 1.82) is 0 Å². The minimum Gasteiger partial charge on any atom is -0.479 e. The fourth-order valence-corrected chi connectivity index (χ4v) is 1.65. The third-order valence-electron chi connectivity index (χ3n) is 2.87. The average molecular weight is 269 g/mol. The zero-order chi connectivity index (χ0) is 14.4. The molecule has 1 rings (SSSR count). The van der Waals surface area contributed by atoms with Gasteiger partial charge in [-0.1, -0.05) is 6.92 Å². The zero-order valence-electron chi connectivity index (χ0n) is 11.5. The lowest BCUT2D eigenvalue weighted by atomic mass is 10.0. The molecule has 0 aliphatic rings. The molecule has 2 N–H and O–H groups in total. The van der Waals surface area contributed by atoms with Gasteiger partial charge in [-0.3, -0.25) is 0 Å². The van der Waals surface area contributed by atoms with Crippen LogP contribution < -0.4 is 10.5 Å². The lowest BCUT2D eigenvalue weighted by Crippen LogP contribution is -2.26. The number of ether oxygens (including phenoxy) is 2. The first-order chi connectivity index (χ1) is 8.97. The van der Waals surface area contributed by atoms with E-state index in [0.717, 1.165) is 6.42 Å². The van der Waals surface area contributed by atoms with Gasteiger partial charge in [0, 0.05) is 6.04 Å². The summed E-state index contributed by atoms with van der Waals surface area (Å²) in [7, 11) is 1.29. The first-order valence-electron chi connectivity index (χ1n) is 6.26. The Morgan fingerprint density at radius 3 is 2.74 bits per heavy atom. The Kier molecular flexibility index (Phi) is 5.76. The van der Waals surface area contributed by atoms with Gasteiger partial charge in [0.15, 0.2) is 6.10 Å². The van der Waals surface area contributed by atoms with Crippen molar-refractivity contribution in [3.05, 3.63) is 29.6 Å². The van der Waals surface area contributed by atoms with Crippen molar-refractivity contribution in [2.75, 3.05) is 7.11 Å². The highest BCUT2D eigenvalue weighted by molar-refractivity contribution is 5.74. The maximum absolute atomic E-state index is 13.3. The molecule has 4 nitrogen and oxygen atoms in total. The van der Waals surface area contributed by atoms with Gasteiger partial charge in [-0.2, -0.15) is 0 Å². The van der Waals surface area contributed by atoms with Crippen LogP contribution in [0.5, 0.6) is 5.75 Å². The molecule has 19 heavy (non-hydrogen) atoms. The lowest BCUT2D eigenvalue weighted by Gasteiger charge is -2.17. The average Bonchev–Trinajstić information content (AvgIpc) is 2.40. The van der Waals surface area contributed by atoms with Gasteiger partial charge in [0.05, 0.1) is 7.11 Å². The number of methoxy groups -OCH3 is 1. The minimum atomic E-state index is -0.743. The van der Waals surface area contributed by atoms with E-state index in [1.807, 2.05) is 6.92 Å². The van der Waals surface area contributed by atoms with Crippen LogP contribution >= 0.6 is 0 Å². The molecule has 0 saturated carbocycles. The van der Waals surface area contributed by atoms with E-state index in [-0.39, 0.29) is 11.9 Å². The van der Waals surface area contributed by atoms with Crippen LogP contribution in [-0.4, -0.2) is 25.2 Å². The van der Waals surface area contributed by atoms with E-state index < -0.39 is 12.1 Å². The normalized spacial score (nSPS) is 13.7. The molecule has 0 aromatic heterocycles. The van der Waals surface area contributed by atoms with Crippen molar-refractivity contribution in [2.24, 2.45) is 5.73 Å². The van der Waals surface area contributed by atoms with Crippen molar-refractivity contribution in [3.63, 3.8) is 0 Å². The van der Waals surface area contributed by atoms with Crippen LogP contribution in [-0.2, 0) is 16.0 Å². The Hall–Kier alpha value is -1.62. The standard InChI is InChI=1S/C14H20FNO3/c1-4-12(16)8-10-7-11(15)5-6-13(10)19-9(2)14(17)18-3/h5-7,9,12H,4,8,16H2,1-3H3. The number of nitrogens with two attached hydrogens (primary N) is 1. The van der Waals surface area contributed by atoms with E-state index in [1.165, 1.54) is 25.3 Å². The van der Waals surface area contributed by atoms with Gasteiger partial charge in [-0.05, 0) is 43.5 Å². The third kappa shape index (κ3) is 4.52. The van der Waals surface area contributed by atoms with Gasteiger partial charge in [-0.15, -0.1) is 0 Å². The van der Waals surface area contributed by atoms with E-state index in [1.54, 1.807) is 6.92 Å². The Bertz CT molecular complexity index is 437. The first-order valence-corrected chi connectivity index (χ1v) is 6.26. The fourth-order valence-electron chi connectivity index (χ4n) is 1.65. The SMILES string of the molecule is CCC(N)Cc1cc(F)ccc1OC(C)C(=O)OC. The summed E-state index contributed by atoms with van der Waals surface area (Å²) >= 11 is 0. The van der Waals surface area contributed by atoms with Crippen LogP contribution in [0.2, 0.25) is 0 Å². The fraction of sp³-hybridized carbons (Fsp3) is 0.500. The summed E-state index contributed by atoms with van der Waals surface area (Å²) in [5.74, 6) is -0.366. The smallest absolute Gasteiger partial charge is 0.346 e. The topological polar surface area (TPSA) is 61.5 Å². The maximum atomic E-state index is 13.3. The summed E-state index contributed by atoms with van der Waals surface area (Å²) in [5, 5.41) is 0. The second kappa shape index (κ2) is 7.09.